The van der Waals surface area contributed by atoms with E-state index in [1.165, 1.54) is 0 Å². The summed E-state index contributed by atoms with van der Waals surface area (Å²) in [6.07, 6.45) is 0.603. The number of aliphatic hydroxyl groups is 1. The quantitative estimate of drug-likeness (QED) is 0.658. The van der Waals surface area contributed by atoms with Crippen LogP contribution in [0.4, 0.5) is 4.79 Å². The molecule has 2 unspecified atom stereocenters. The molecule has 0 aromatic carbocycles. The number of rotatable bonds is 6. The Bertz CT molecular complexity index is 382. The predicted molar refractivity (Wildman–Crippen MR) is 79.2 cm³/mol. The molecule has 122 valence electrons. The molecule has 2 atom stereocenters. The Morgan fingerprint density at radius 2 is 1.90 bits per heavy atom. The van der Waals surface area contributed by atoms with Gasteiger partial charge in [-0.1, -0.05) is 13.8 Å². The van der Waals surface area contributed by atoms with Gasteiger partial charge in [-0.05, 0) is 33.4 Å². The topological polar surface area (TPSA) is 93.1 Å². The second-order valence-corrected chi connectivity index (χ2v) is 5.98. The van der Waals surface area contributed by atoms with Gasteiger partial charge in [0.1, 0.15) is 5.54 Å². The van der Waals surface area contributed by atoms with Crippen LogP contribution in [0.25, 0.3) is 0 Å². The molecule has 7 nitrogen and oxygen atoms in total. The third-order valence-electron chi connectivity index (χ3n) is 4.19. The van der Waals surface area contributed by atoms with Gasteiger partial charge in [-0.15, -0.1) is 0 Å². The highest BCUT2D eigenvalue weighted by molar-refractivity contribution is 5.86. The number of carbonyl (C=O) groups is 2. The summed E-state index contributed by atoms with van der Waals surface area (Å²) in [6.45, 7) is 4.37. The largest absolute Gasteiger partial charge is 0.480 e. The Labute approximate surface area is 125 Å². The average molecular weight is 301 g/mol. The Kier molecular flexibility index (Phi) is 5.98. The minimum absolute atomic E-state index is 0.102. The van der Waals surface area contributed by atoms with E-state index in [9.17, 15) is 19.8 Å². The highest BCUT2D eigenvalue weighted by Crippen LogP contribution is 2.21. The fraction of sp³-hybridized carbons (Fsp3) is 0.857. The monoisotopic (exact) mass is 301 g/mol. The van der Waals surface area contributed by atoms with E-state index in [0.717, 1.165) is 0 Å². The zero-order chi connectivity index (χ0) is 16.2. The number of β-amino-alcohol motifs (C(OH)–C–C–N with tert-alkyl or cyclic N) is 1. The molecular formula is C14H27N3O4. The van der Waals surface area contributed by atoms with Gasteiger partial charge in [0.05, 0.1) is 6.10 Å². The van der Waals surface area contributed by atoms with Crippen LogP contribution in [0, 0.1) is 0 Å². The Morgan fingerprint density at radius 3 is 2.33 bits per heavy atom. The van der Waals surface area contributed by atoms with Crippen molar-refractivity contribution >= 4 is 12.0 Å². The molecule has 0 radical (unpaired) electrons. The van der Waals surface area contributed by atoms with Gasteiger partial charge in [-0.25, -0.2) is 9.59 Å². The van der Waals surface area contributed by atoms with Crippen LogP contribution in [0.5, 0.6) is 0 Å². The lowest BCUT2D eigenvalue weighted by Crippen LogP contribution is -2.58. The molecule has 7 heteroatoms. The SMILES string of the molecule is CCC(CC)(NC(=O)N1CC(O)CC1CN(C)C)C(=O)O. The van der Waals surface area contributed by atoms with Gasteiger partial charge in [-0.3, -0.25) is 0 Å². The molecule has 0 saturated carbocycles. The van der Waals surface area contributed by atoms with Crippen molar-refractivity contribution in [2.75, 3.05) is 27.2 Å². The first-order chi connectivity index (χ1) is 9.75. The molecule has 21 heavy (non-hydrogen) atoms. The van der Waals surface area contributed by atoms with Crippen molar-refractivity contribution in [3.8, 4) is 0 Å². The van der Waals surface area contributed by atoms with E-state index in [-0.39, 0.29) is 12.6 Å². The number of carboxylic acid groups (broad SMARTS) is 1. The molecule has 0 spiro atoms. The van der Waals surface area contributed by atoms with Gasteiger partial charge in [0.2, 0.25) is 0 Å². The normalized spacial score (nSPS) is 22.7. The number of urea groups is 1. The van der Waals surface area contributed by atoms with E-state index in [1.807, 2.05) is 19.0 Å². The van der Waals surface area contributed by atoms with Crippen molar-refractivity contribution in [3.05, 3.63) is 0 Å². The second kappa shape index (κ2) is 7.09. The molecule has 0 aromatic rings. The lowest BCUT2D eigenvalue weighted by Gasteiger charge is -2.33. The van der Waals surface area contributed by atoms with Gasteiger partial charge in [0.15, 0.2) is 0 Å². The zero-order valence-electron chi connectivity index (χ0n) is 13.3. The third kappa shape index (κ3) is 4.07. The Morgan fingerprint density at radius 1 is 1.33 bits per heavy atom. The van der Waals surface area contributed by atoms with Crippen LogP contribution in [0.1, 0.15) is 33.1 Å². The highest BCUT2D eigenvalue weighted by atomic mass is 16.4. The number of amides is 2. The lowest BCUT2D eigenvalue weighted by atomic mass is 9.93. The summed E-state index contributed by atoms with van der Waals surface area (Å²) < 4.78 is 0. The van der Waals surface area contributed by atoms with E-state index in [4.69, 9.17) is 0 Å². The van der Waals surface area contributed by atoms with Crippen LogP contribution in [0.15, 0.2) is 0 Å². The second-order valence-electron chi connectivity index (χ2n) is 5.98. The number of nitrogens with one attached hydrogen (secondary N) is 1. The maximum absolute atomic E-state index is 12.4. The number of nitrogens with zero attached hydrogens (tertiary/aromatic N) is 2. The Balaban J connectivity index is 2.83. The van der Waals surface area contributed by atoms with Crippen LogP contribution >= 0.6 is 0 Å². The van der Waals surface area contributed by atoms with Crippen molar-refractivity contribution in [1.29, 1.82) is 0 Å². The number of aliphatic hydroxyl groups excluding tert-OH is 1. The summed E-state index contributed by atoms with van der Waals surface area (Å²) in [4.78, 5) is 27.4. The van der Waals surface area contributed by atoms with Crippen molar-refractivity contribution in [2.45, 2.75) is 50.8 Å². The zero-order valence-corrected chi connectivity index (χ0v) is 13.3. The predicted octanol–water partition coefficient (Wildman–Crippen LogP) is 0.336. The molecule has 1 saturated heterocycles. The molecule has 1 rings (SSSR count). The number of likely N-dealkylation sites (N-methyl/N-ethyl adjacent to an activating group) is 1. The summed E-state index contributed by atoms with van der Waals surface area (Å²) in [5, 5.41) is 21.8. The maximum atomic E-state index is 12.4. The number of aliphatic carboxylic acids is 1. The van der Waals surface area contributed by atoms with E-state index in [0.29, 0.717) is 25.8 Å². The number of carboxylic acids is 1. The standard InChI is InChI=1S/C14H27N3O4/c1-5-14(6-2,12(19)20)15-13(21)17-9-11(18)7-10(17)8-16(3)4/h10-11,18H,5-9H2,1-4H3,(H,15,21)(H,19,20). The van der Waals surface area contributed by atoms with Crippen molar-refractivity contribution in [1.82, 2.24) is 15.1 Å². The minimum Gasteiger partial charge on any atom is -0.480 e. The van der Waals surface area contributed by atoms with Gasteiger partial charge in [-0.2, -0.15) is 0 Å². The van der Waals surface area contributed by atoms with Crippen LogP contribution in [0.3, 0.4) is 0 Å². The molecule has 1 heterocycles. The molecule has 0 aliphatic carbocycles. The molecule has 1 fully saturated rings. The summed E-state index contributed by atoms with van der Waals surface area (Å²) in [5.74, 6) is -1.02. The molecule has 0 aromatic heterocycles. The maximum Gasteiger partial charge on any atom is 0.329 e. The average Bonchev–Trinajstić information content (AvgIpc) is 2.75. The van der Waals surface area contributed by atoms with Gasteiger partial charge < -0.3 is 25.3 Å². The van der Waals surface area contributed by atoms with E-state index in [2.05, 4.69) is 5.32 Å². The molecule has 2 amide bonds. The first-order valence-corrected chi connectivity index (χ1v) is 7.40. The third-order valence-corrected chi connectivity index (χ3v) is 4.19. The summed E-state index contributed by atoms with van der Waals surface area (Å²) in [6, 6.07) is -0.514. The number of hydrogen-bond acceptors (Lipinski definition) is 4. The minimum atomic E-state index is -1.24. The van der Waals surface area contributed by atoms with Crippen molar-refractivity contribution < 1.29 is 19.8 Å². The smallest absolute Gasteiger partial charge is 0.329 e. The highest BCUT2D eigenvalue weighted by Gasteiger charge is 2.41. The summed E-state index contributed by atoms with van der Waals surface area (Å²) in [5.41, 5.74) is -1.24. The molecule has 0 bridgehead atoms. The van der Waals surface area contributed by atoms with Crippen LogP contribution in [-0.2, 0) is 4.79 Å². The van der Waals surface area contributed by atoms with Gasteiger partial charge in [0, 0.05) is 19.1 Å². The van der Waals surface area contributed by atoms with E-state index >= 15 is 0 Å². The molecular weight excluding hydrogens is 274 g/mol. The summed E-state index contributed by atoms with van der Waals surface area (Å²) in [7, 11) is 3.81. The van der Waals surface area contributed by atoms with Crippen molar-refractivity contribution in [2.24, 2.45) is 0 Å². The van der Waals surface area contributed by atoms with Crippen molar-refractivity contribution in [3.63, 3.8) is 0 Å². The number of hydrogen-bond donors (Lipinski definition) is 3. The van der Waals surface area contributed by atoms with Gasteiger partial charge in [0.25, 0.3) is 0 Å². The Hall–Kier alpha value is -1.34. The van der Waals surface area contributed by atoms with Crippen LogP contribution in [0.2, 0.25) is 0 Å². The van der Waals surface area contributed by atoms with Gasteiger partial charge >= 0.3 is 12.0 Å². The number of likely N-dealkylation sites (tertiary alicyclic amines) is 1. The first-order valence-electron chi connectivity index (χ1n) is 7.40. The molecule has 3 N–H and O–H groups in total. The van der Waals surface area contributed by atoms with Crippen LogP contribution < -0.4 is 5.32 Å². The fourth-order valence-corrected chi connectivity index (χ4v) is 2.79. The number of carbonyl (C=O) groups excluding carboxylic acids is 1. The van der Waals surface area contributed by atoms with E-state index in [1.54, 1.807) is 18.7 Å². The summed E-state index contributed by atoms with van der Waals surface area (Å²) >= 11 is 0. The first kappa shape index (κ1) is 17.7. The fourth-order valence-electron chi connectivity index (χ4n) is 2.79. The van der Waals surface area contributed by atoms with E-state index < -0.39 is 23.6 Å². The molecule has 1 aliphatic heterocycles. The van der Waals surface area contributed by atoms with Crippen LogP contribution in [-0.4, -0.2) is 76.9 Å². The molecule has 1 aliphatic rings. The lowest BCUT2D eigenvalue weighted by molar-refractivity contribution is -0.144.